The molecule has 0 unspecified atom stereocenters. The van der Waals surface area contributed by atoms with Gasteiger partial charge in [-0.1, -0.05) is 0 Å². The van der Waals surface area contributed by atoms with Gasteiger partial charge in [-0.3, -0.25) is 0 Å². The van der Waals surface area contributed by atoms with Crippen molar-refractivity contribution in [2.75, 3.05) is 13.2 Å². The van der Waals surface area contributed by atoms with Gasteiger partial charge in [-0.05, 0) is 34.1 Å². The summed E-state index contributed by atoms with van der Waals surface area (Å²) in [7, 11) is 0. The third-order valence-corrected chi connectivity index (χ3v) is 2.39. The quantitative estimate of drug-likeness (QED) is 0.708. The van der Waals surface area contributed by atoms with Gasteiger partial charge in [0.05, 0.1) is 12.6 Å². The largest absolute Gasteiger partial charge is 0.444 e. The van der Waals surface area contributed by atoms with Crippen molar-refractivity contribution in [1.29, 1.82) is 0 Å². The van der Waals surface area contributed by atoms with Gasteiger partial charge in [-0.2, -0.15) is 0 Å². The zero-order chi connectivity index (χ0) is 12.4. The van der Waals surface area contributed by atoms with Gasteiger partial charge in [-0.15, -0.1) is 0 Å². The van der Waals surface area contributed by atoms with Crippen LogP contribution in [0.4, 0.5) is 4.79 Å². The van der Waals surface area contributed by atoms with Crippen molar-refractivity contribution in [3.63, 3.8) is 0 Å². The van der Waals surface area contributed by atoms with Gasteiger partial charge < -0.3 is 19.9 Å². The molecule has 1 fully saturated rings. The van der Waals surface area contributed by atoms with E-state index in [1.165, 1.54) is 0 Å². The highest BCUT2D eigenvalue weighted by molar-refractivity contribution is 5.68. The summed E-state index contributed by atoms with van der Waals surface area (Å²) < 4.78 is 10.3. The minimum Gasteiger partial charge on any atom is -0.444 e. The molecule has 5 heteroatoms. The number of aliphatic hydroxyl groups is 1. The first-order valence-corrected chi connectivity index (χ1v) is 5.50. The van der Waals surface area contributed by atoms with Crippen LogP contribution in [-0.2, 0) is 9.47 Å². The summed E-state index contributed by atoms with van der Waals surface area (Å²) >= 11 is 0. The van der Waals surface area contributed by atoms with E-state index < -0.39 is 17.3 Å². The van der Waals surface area contributed by atoms with Crippen LogP contribution >= 0.6 is 0 Å². The maximum Gasteiger partial charge on any atom is 0.407 e. The van der Waals surface area contributed by atoms with E-state index in [9.17, 15) is 9.90 Å². The zero-order valence-corrected chi connectivity index (χ0v) is 10.4. The Kier molecular flexibility index (Phi) is 3.80. The minimum atomic E-state index is -1.03. The number of alkyl carbamates (subject to hydrolysis) is 1. The molecule has 94 valence electrons. The predicted octanol–water partition coefficient (Wildman–Crippen LogP) is 1.05. The smallest absolute Gasteiger partial charge is 0.407 e. The Labute approximate surface area is 96.1 Å². The molecule has 5 nitrogen and oxygen atoms in total. The standard InChI is InChI=1S/C11H21NO4/c1-10(2,3)16-9(13)12-8-5-6-15-7-11(8,4)14/h8,14H,5-7H2,1-4H3,(H,12,13)/t8-,11-/m1/s1. The molecular weight excluding hydrogens is 210 g/mol. The number of rotatable bonds is 1. The molecule has 0 spiro atoms. The lowest BCUT2D eigenvalue weighted by molar-refractivity contribution is -0.0953. The fourth-order valence-corrected chi connectivity index (χ4v) is 1.57. The van der Waals surface area contributed by atoms with Gasteiger partial charge in [0, 0.05) is 6.61 Å². The Bertz CT molecular complexity index is 257. The molecule has 1 aliphatic rings. The Hall–Kier alpha value is -0.810. The Morgan fingerprint density at radius 2 is 2.19 bits per heavy atom. The molecule has 0 bridgehead atoms. The molecular formula is C11H21NO4. The van der Waals surface area contributed by atoms with E-state index >= 15 is 0 Å². The van der Waals surface area contributed by atoms with Crippen LogP contribution < -0.4 is 5.32 Å². The normalized spacial score (nSPS) is 30.9. The van der Waals surface area contributed by atoms with Crippen molar-refractivity contribution in [3.8, 4) is 0 Å². The monoisotopic (exact) mass is 231 g/mol. The number of nitrogens with one attached hydrogen (secondary N) is 1. The Morgan fingerprint density at radius 1 is 1.56 bits per heavy atom. The molecule has 1 amide bonds. The van der Waals surface area contributed by atoms with Crippen LogP contribution in [0.1, 0.15) is 34.1 Å². The van der Waals surface area contributed by atoms with E-state index in [0.717, 1.165) is 0 Å². The predicted molar refractivity (Wildman–Crippen MR) is 59.2 cm³/mol. The average molecular weight is 231 g/mol. The molecule has 1 saturated heterocycles. The average Bonchev–Trinajstić information content (AvgIpc) is 2.05. The van der Waals surface area contributed by atoms with Crippen molar-refractivity contribution >= 4 is 6.09 Å². The lowest BCUT2D eigenvalue weighted by Gasteiger charge is -2.37. The summed E-state index contributed by atoms with van der Waals surface area (Å²) in [6.45, 7) is 7.82. The van der Waals surface area contributed by atoms with Crippen molar-refractivity contribution in [1.82, 2.24) is 5.32 Å². The molecule has 1 aliphatic heterocycles. The summed E-state index contributed by atoms with van der Waals surface area (Å²) in [4.78, 5) is 11.5. The van der Waals surface area contributed by atoms with E-state index in [2.05, 4.69) is 5.32 Å². The van der Waals surface area contributed by atoms with Gasteiger partial charge in [-0.25, -0.2) is 4.79 Å². The summed E-state index contributed by atoms with van der Waals surface area (Å²) in [6.07, 6.45) is 0.0892. The fourth-order valence-electron chi connectivity index (χ4n) is 1.57. The summed E-state index contributed by atoms with van der Waals surface area (Å²) in [5.74, 6) is 0. The van der Waals surface area contributed by atoms with E-state index in [1.807, 2.05) is 0 Å². The van der Waals surface area contributed by atoms with Crippen LogP contribution in [0.5, 0.6) is 0 Å². The Morgan fingerprint density at radius 3 is 2.69 bits per heavy atom. The maximum atomic E-state index is 11.5. The molecule has 0 aromatic heterocycles. The third kappa shape index (κ3) is 3.98. The lowest BCUT2D eigenvalue weighted by atomic mass is 9.93. The van der Waals surface area contributed by atoms with Crippen molar-refractivity contribution in [2.45, 2.75) is 51.4 Å². The molecule has 16 heavy (non-hydrogen) atoms. The van der Waals surface area contributed by atoms with Crippen LogP contribution in [0.2, 0.25) is 0 Å². The van der Waals surface area contributed by atoms with Crippen molar-refractivity contribution < 1.29 is 19.4 Å². The van der Waals surface area contributed by atoms with Crippen LogP contribution in [0.25, 0.3) is 0 Å². The number of carbonyl (C=O) groups excluding carboxylic acids is 1. The van der Waals surface area contributed by atoms with E-state index in [-0.39, 0.29) is 12.6 Å². The molecule has 0 aliphatic carbocycles. The summed E-state index contributed by atoms with van der Waals surface area (Å²) in [5, 5.41) is 12.7. The Balaban J connectivity index is 2.49. The molecule has 0 radical (unpaired) electrons. The lowest BCUT2D eigenvalue weighted by Crippen LogP contribution is -2.57. The van der Waals surface area contributed by atoms with Gasteiger partial charge in [0.1, 0.15) is 11.2 Å². The van der Waals surface area contributed by atoms with Crippen LogP contribution in [0.3, 0.4) is 0 Å². The first kappa shape index (κ1) is 13.3. The number of carbonyl (C=O) groups is 1. The molecule has 2 atom stereocenters. The first-order valence-electron chi connectivity index (χ1n) is 5.50. The highest BCUT2D eigenvalue weighted by Gasteiger charge is 2.37. The van der Waals surface area contributed by atoms with Crippen molar-refractivity contribution in [3.05, 3.63) is 0 Å². The number of amides is 1. The van der Waals surface area contributed by atoms with Crippen LogP contribution in [0, 0.1) is 0 Å². The van der Waals surface area contributed by atoms with E-state index in [1.54, 1.807) is 27.7 Å². The SMILES string of the molecule is CC(C)(C)OC(=O)N[C@@H]1CCOC[C@@]1(C)O. The number of ether oxygens (including phenoxy) is 2. The van der Waals surface area contributed by atoms with Gasteiger partial charge >= 0.3 is 6.09 Å². The first-order chi connectivity index (χ1) is 7.21. The molecule has 1 heterocycles. The van der Waals surface area contributed by atoms with Crippen molar-refractivity contribution in [2.24, 2.45) is 0 Å². The molecule has 2 N–H and O–H groups in total. The fraction of sp³-hybridized carbons (Fsp3) is 0.909. The second-order valence-corrected chi connectivity index (χ2v) is 5.40. The molecule has 0 aromatic carbocycles. The molecule has 0 saturated carbocycles. The molecule has 0 aromatic rings. The highest BCUT2D eigenvalue weighted by Crippen LogP contribution is 2.19. The number of hydrogen-bond acceptors (Lipinski definition) is 4. The summed E-state index contributed by atoms with van der Waals surface area (Å²) in [5.41, 5.74) is -1.56. The van der Waals surface area contributed by atoms with Crippen LogP contribution in [-0.4, -0.2) is 41.7 Å². The number of hydrogen-bond donors (Lipinski definition) is 2. The van der Waals surface area contributed by atoms with Gasteiger partial charge in [0.25, 0.3) is 0 Å². The topological polar surface area (TPSA) is 67.8 Å². The highest BCUT2D eigenvalue weighted by atomic mass is 16.6. The van der Waals surface area contributed by atoms with Crippen LogP contribution in [0.15, 0.2) is 0 Å². The molecule has 1 rings (SSSR count). The second-order valence-electron chi connectivity index (χ2n) is 5.40. The summed E-state index contributed by atoms with van der Waals surface area (Å²) in [6, 6.07) is -0.323. The van der Waals surface area contributed by atoms with Gasteiger partial charge in [0.2, 0.25) is 0 Å². The minimum absolute atomic E-state index is 0.230. The maximum absolute atomic E-state index is 11.5. The third-order valence-electron chi connectivity index (χ3n) is 2.39. The van der Waals surface area contributed by atoms with Gasteiger partial charge in [0.15, 0.2) is 0 Å². The zero-order valence-electron chi connectivity index (χ0n) is 10.4. The van der Waals surface area contributed by atoms with E-state index in [4.69, 9.17) is 9.47 Å². The second kappa shape index (κ2) is 4.59. The van der Waals surface area contributed by atoms with E-state index in [0.29, 0.717) is 13.0 Å².